The molecule has 7 nitrogen and oxygen atoms in total. The molecule has 1 aliphatic carbocycles. The number of nitriles is 1. The molecule has 3 aromatic heterocycles. The molecule has 0 aliphatic heterocycles. The highest BCUT2D eigenvalue weighted by Gasteiger charge is 2.34. The molecule has 7 heteroatoms. The molecule has 0 spiro atoms. The Bertz CT molecular complexity index is 1090. The van der Waals surface area contributed by atoms with Gasteiger partial charge in [0, 0.05) is 26.7 Å². The summed E-state index contributed by atoms with van der Waals surface area (Å²) in [5.41, 5.74) is 4.25. The number of aromatic amines is 1. The van der Waals surface area contributed by atoms with Gasteiger partial charge in [0.1, 0.15) is 17.3 Å². The number of allylic oxidation sites excluding steroid dienone is 1. The van der Waals surface area contributed by atoms with Crippen molar-refractivity contribution in [3.8, 4) is 6.07 Å². The molecule has 0 saturated heterocycles. The summed E-state index contributed by atoms with van der Waals surface area (Å²) >= 11 is 0. The molecule has 0 bridgehead atoms. The number of hydrogen-bond donors (Lipinski definition) is 3. The quantitative estimate of drug-likeness (QED) is 0.658. The van der Waals surface area contributed by atoms with Crippen LogP contribution >= 0.6 is 0 Å². The van der Waals surface area contributed by atoms with E-state index in [1.165, 1.54) is 0 Å². The van der Waals surface area contributed by atoms with Crippen molar-refractivity contribution in [3.63, 3.8) is 0 Å². The minimum absolute atomic E-state index is 0. The number of anilines is 1. The van der Waals surface area contributed by atoms with Crippen molar-refractivity contribution in [2.24, 2.45) is 11.8 Å². The third kappa shape index (κ3) is 3.10. The first-order valence-electron chi connectivity index (χ1n) is 8.98. The summed E-state index contributed by atoms with van der Waals surface area (Å²) in [5, 5.41) is 20.7. The number of nitrogens with zero attached hydrogens (tertiary/aromatic N) is 4. The van der Waals surface area contributed by atoms with Gasteiger partial charge in [-0.05, 0) is 37.0 Å². The van der Waals surface area contributed by atoms with Crippen LogP contribution in [0.1, 0.15) is 28.3 Å². The second-order valence-electron chi connectivity index (χ2n) is 7.12. The van der Waals surface area contributed by atoms with E-state index >= 15 is 0 Å². The Balaban J connectivity index is 0.00000150. The largest absolute Gasteiger partial charge is 0.381 e. The Morgan fingerprint density at radius 1 is 1.37 bits per heavy atom. The van der Waals surface area contributed by atoms with Crippen LogP contribution in [0.25, 0.3) is 16.9 Å². The summed E-state index contributed by atoms with van der Waals surface area (Å²) in [4.78, 5) is 11.5. The summed E-state index contributed by atoms with van der Waals surface area (Å²) in [6.45, 7) is 6.57. The third-order valence-electron chi connectivity index (χ3n) is 5.35. The Hall–Kier alpha value is -3.40. The molecule has 0 aromatic carbocycles. The van der Waals surface area contributed by atoms with E-state index < -0.39 is 0 Å². The highest BCUT2D eigenvalue weighted by Crippen LogP contribution is 2.39. The van der Waals surface area contributed by atoms with E-state index in [0.717, 1.165) is 35.4 Å². The molecule has 3 aromatic rings. The molecule has 1 saturated carbocycles. The Morgan fingerprint density at radius 3 is 2.96 bits per heavy atom. The number of fused-ring (bicyclic) bond motifs is 1. The smallest absolute Gasteiger partial charge is 0.154 e. The lowest BCUT2D eigenvalue weighted by molar-refractivity contribution is 0.501. The fourth-order valence-electron chi connectivity index (χ4n) is 4.04. The van der Waals surface area contributed by atoms with E-state index in [4.69, 9.17) is 10.7 Å². The van der Waals surface area contributed by atoms with Gasteiger partial charge in [0.2, 0.25) is 0 Å². The first kappa shape index (κ1) is 17.0. The molecule has 4 rings (SSSR count). The average Bonchev–Trinajstić information content (AvgIpc) is 3.28. The van der Waals surface area contributed by atoms with Gasteiger partial charge in [0.05, 0.1) is 23.6 Å². The highest BCUT2D eigenvalue weighted by molar-refractivity contribution is 5.75. The minimum atomic E-state index is 0. The van der Waals surface area contributed by atoms with Crippen LogP contribution < -0.4 is 10.8 Å². The lowest BCUT2D eigenvalue weighted by Crippen LogP contribution is -2.24. The molecule has 27 heavy (non-hydrogen) atoms. The van der Waals surface area contributed by atoms with Crippen LogP contribution in [0.5, 0.6) is 0 Å². The van der Waals surface area contributed by atoms with Crippen molar-refractivity contribution in [2.45, 2.75) is 25.8 Å². The molecule has 3 atom stereocenters. The number of aromatic nitrogens is 4. The Morgan fingerprint density at radius 2 is 2.22 bits per heavy atom. The van der Waals surface area contributed by atoms with E-state index in [-0.39, 0.29) is 8.77 Å². The van der Waals surface area contributed by atoms with Gasteiger partial charge in [-0.25, -0.2) is 9.97 Å². The van der Waals surface area contributed by atoms with Crippen LogP contribution in [-0.2, 0) is 0 Å². The van der Waals surface area contributed by atoms with Gasteiger partial charge in [0.25, 0.3) is 0 Å². The minimum Gasteiger partial charge on any atom is -0.381 e. The summed E-state index contributed by atoms with van der Waals surface area (Å²) in [5.74, 6) is 0.707. The second-order valence-corrected chi connectivity index (χ2v) is 7.12. The average molecular weight is 363 g/mol. The zero-order chi connectivity index (χ0) is 19.0. The van der Waals surface area contributed by atoms with Gasteiger partial charge in [-0.2, -0.15) is 5.26 Å². The lowest BCUT2D eigenvalue weighted by Gasteiger charge is -2.21. The number of rotatable bonds is 4. The maximum atomic E-state index is 8.87. The van der Waals surface area contributed by atoms with Crippen molar-refractivity contribution >= 4 is 22.5 Å². The predicted molar refractivity (Wildman–Crippen MR) is 108 cm³/mol. The number of pyridine rings is 1. The second kappa shape index (κ2) is 6.72. The number of nitrogens with one attached hydrogen (secondary N) is 3. The van der Waals surface area contributed by atoms with Crippen molar-refractivity contribution in [2.75, 3.05) is 5.32 Å². The van der Waals surface area contributed by atoms with E-state index in [0.29, 0.717) is 23.1 Å². The predicted octanol–water partition coefficient (Wildman–Crippen LogP) is 3.60. The fourth-order valence-corrected chi connectivity index (χ4v) is 4.04. The van der Waals surface area contributed by atoms with Gasteiger partial charge < -0.3 is 10.3 Å². The molecule has 1 fully saturated rings. The number of hydrogen-bond acceptors (Lipinski definition) is 5. The molecular weight excluding hydrogens is 338 g/mol. The molecule has 140 valence electrons. The van der Waals surface area contributed by atoms with Gasteiger partial charge in [-0.3, -0.25) is 9.98 Å². The summed E-state index contributed by atoms with van der Waals surface area (Å²) in [6.07, 6.45) is 7.04. The first-order chi connectivity index (χ1) is 13.1. The molecule has 0 unspecified atom stereocenters. The molecule has 3 N–H and O–H groups in total. The van der Waals surface area contributed by atoms with Crippen molar-refractivity contribution < 1.29 is 2.85 Å². The molecule has 0 radical (unpaired) electrons. The van der Waals surface area contributed by atoms with Crippen LogP contribution in [0.4, 0.5) is 5.69 Å². The summed E-state index contributed by atoms with van der Waals surface area (Å²) in [6, 6.07) is 7.88. The normalized spacial score (nSPS) is 21.9. The van der Waals surface area contributed by atoms with E-state index in [1.54, 1.807) is 18.5 Å². The highest BCUT2D eigenvalue weighted by atomic mass is 15.1. The maximum absolute atomic E-state index is 8.87. The number of H-pyrrole nitrogens is 1. The summed E-state index contributed by atoms with van der Waals surface area (Å²) in [7, 11) is 0. The lowest BCUT2D eigenvalue weighted by atomic mass is 9.95. The van der Waals surface area contributed by atoms with Crippen LogP contribution in [0.3, 0.4) is 0 Å². The van der Waals surface area contributed by atoms with Crippen molar-refractivity contribution in [3.05, 3.63) is 54.6 Å². The Kier molecular flexibility index (Phi) is 4.24. The fraction of sp³-hybridized carbons (Fsp3) is 0.300. The van der Waals surface area contributed by atoms with E-state index in [1.807, 2.05) is 29.0 Å². The van der Waals surface area contributed by atoms with E-state index in [2.05, 4.69) is 33.8 Å². The Labute approximate surface area is 159 Å². The SMILES string of the molecule is C=C([C@@H]1C[C@H](Nc2ccc(C#N)nc2)C[C@@H]1C)n1c(=N)cnc2[nH]ccc21.[HH].[HH]. The van der Waals surface area contributed by atoms with Crippen LogP contribution in [0.2, 0.25) is 0 Å². The molecule has 3 heterocycles. The molecule has 0 amide bonds. The van der Waals surface area contributed by atoms with Gasteiger partial charge in [0.15, 0.2) is 5.65 Å². The van der Waals surface area contributed by atoms with E-state index in [9.17, 15) is 0 Å². The standard InChI is InChI=1S/C20H21N7.2H2/c1-12-7-16(26-15-4-3-14(9-21)24-10-15)8-17(12)13(2)27-18-5-6-23-20(18)25-11-19(27)22;;/h3-6,10-12,16-17,22-23,26H,2,7-8H2,1H3;2*1H/t12-,16+,17+;;/m0../s1. The van der Waals surface area contributed by atoms with Gasteiger partial charge >= 0.3 is 0 Å². The van der Waals surface area contributed by atoms with Gasteiger partial charge in [-0.1, -0.05) is 13.5 Å². The van der Waals surface area contributed by atoms with Crippen molar-refractivity contribution in [1.29, 1.82) is 10.7 Å². The monoisotopic (exact) mass is 363 g/mol. The summed E-state index contributed by atoms with van der Waals surface area (Å²) < 4.78 is 1.89. The third-order valence-corrected chi connectivity index (χ3v) is 5.35. The van der Waals surface area contributed by atoms with Crippen LogP contribution in [-0.4, -0.2) is 25.6 Å². The zero-order valence-electron chi connectivity index (χ0n) is 15.1. The van der Waals surface area contributed by atoms with Crippen molar-refractivity contribution in [1.82, 2.24) is 19.5 Å². The maximum Gasteiger partial charge on any atom is 0.154 e. The first-order valence-corrected chi connectivity index (χ1v) is 8.98. The van der Waals surface area contributed by atoms with Gasteiger partial charge in [-0.15, -0.1) is 0 Å². The van der Waals surface area contributed by atoms with Crippen LogP contribution in [0.15, 0.2) is 43.4 Å². The zero-order valence-corrected chi connectivity index (χ0v) is 15.1. The molecule has 1 aliphatic rings. The topological polar surface area (TPSA) is 106 Å². The van der Waals surface area contributed by atoms with Crippen LogP contribution in [0, 0.1) is 28.6 Å². The molecular formula is C20H25N7.